The van der Waals surface area contributed by atoms with E-state index in [-0.39, 0.29) is 30.9 Å². The Balaban J connectivity index is 1.58. The van der Waals surface area contributed by atoms with Crippen molar-refractivity contribution in [3.8, 4) is 0 Å². The van der Waals surface area contributed by atoms with Gasteiger partial charge in [-0.2, -0.15) is 11.3 Å². The molecule has 1 atom stereocenters. The lowest BCUT2D eigenvalue weighted by molar-refractivity contribution is -0.153. The molecule has 1 N–H and O–H groups in total. The fraction of sp³-hybridized carbons (Fsp3) is 0.588. The van der Waals surface area contributed by atoms with E-state index in [0.717, 1.165) is 25.8 Å². The molecule has 1 aliphatic rings. The normalized spacial score (nSPS) is 17.4. The lowest BCUT2D eigenvalue weighted by Crippen LogP contribution is -2.44. The molecule has 1 unspecified atom stereocenters. The number of piperidine rings is 1. The van der Waals surface area contributed by atoms with E-state index in [1.165, 1.54) is 11.3 Å². The van der Waals surface area contributed by atoms with Gasteiger partial charge in [0.05, 0.1) is 0 Å². The lowest BCUT2D eigenvalue weighted by atomic mass is 10.0. The summed E-state index contributed by atoms with van der Waals surface area (Å²) in [6.07, 6.45) is 3.83. The van der Waals surface area contributed by atoms with Crippen molar-refractivity contribution >= 4 is 29.1 Å². The largest absolute Gasteiger partial charge is 0.456 e. The van der Waals surface area contributed by atoms with Crippen LogP contribution in [0.5, 0.6) is 0 Å². The zero-order valence-electron chi connectivity index (χ0n) is 14.0. The van der Waals surface area contributed by atoms with E-state index in [4.69, 9.17) is 4.74 Å². The van der Waals surface area contributed by atoms with E-state index in [0.29, 0.717) is 18.5 Å². The van der Waals surface area contributed by atoms with Gasteiger partial charge in [-0.15, -0.1) is 0 Å². The number of rotatable bonds is 7. The molecule has 132 valence electrons. The van der Waals surface area contributed by atoms with E-state index in [2.05, 4.69) is 5.32 Å². The van der Waals surface area contributed by atoms with Crippen LogP contribution < -0.4 is 5.32 Å². The van der Waals surface area contributed by atoms with Gasteiger partial charge in [0.15, 0.2) is 6.61 Å². The Labute approximate surface area is 146 Å². The topological polar surface area (TPSA) is 75.7 Å². The maximum atomic E-state index is 12.1. The summed E-state index contributed by atoms with van der Waals surface area (Å²) in [5.74, 6) is -0.669. The number of hydrogen-bond acceptors (Lipinski definition) is 5. The zero-order chi connectivity index (χ0) is 17.4. The molecule has 0 aromatic carbocycles. The average molecular weight is 352 g/mol. The number of amides is 2. The summed E-state index contributed by atoms with van der Waals surface area (Å²) in [4.78, 5) is 37.2. The molecule has 0 bridgehead atoms. The molecule has 24 heavy (non-hydrogen) atoms. The molecule has 1 aromatic heterocycles. The van der Waals surface area contributed by atoms with E-state index in [9.17, 15) is 14.4 Å². The number of hydrogen-bond donors (Lipinski definition) is 1. The highest BCUT2D eigenvalue weighted by Crippen LogP contribution is 2.16. The van der Waals surface area contributed by atoms with Gasteiger partial charge in [0, 0.05) is 36.5 Å². The van der Waals surface area contributed by atoms with Crippen LogP contribution in [0.15, 0.2) is 16.8 Å². The van der Waals surface area contributed by atoms with Crippen molar-refractivity contribution in [3.05, 3.63) is 22.4 Å². The molecular weight excluding hydrogens is 328 g/mol. The minimum absolute atomic E-state index is 0.124. The van der Waals surface area contributed by atoms with Gasteiger partial charge in [-0.25, -0.2) is 0 Å². The standard InChI is InChI=1S/C17H24N2O4S/c1-13-5-2-3-9-19(13)15(20)11-23-16(21)6-4-8-18-17(22)14-7-10-24-12-14/h7,10,12-13H,2-6,8-9,11H2,1H3,(H,18,22). The molecule has 1 aliphatic heterocycles. The van der Waals surface area contributed by atoms with Crippen LogP contribution in [0, 0.1) is 0 Å². The van der Waals surface area contributed by atoms with Crippen LogP contribution >= 0.6 is 11.3 Å². The first-order valence-electron chi connectivity index (χ1n) is 8.33. The molecule has 0 spiro atoms. The number of thiophene rings is 1. The summed E-state index contributed by atoms with van der Waals surface area (Å²) in [5, 5.41) is 6.36. The highest BCUT2D eigenvalue weighted by molar-refractivity contribution is 7.08. The predicted octanol–water partition coefficient (Wildman–Crippen LogP) is 2.20. The summed E-state index contributed by atoms with van der Waals surface area (Å²) >= 11 is 1.46. The van der Waals surface area contributed by atoms with Crippen molar-refractivity contribution in [1.82, 2.24) is 10.2 Å². The number of esters is 1. The van der Waals surface area contributed by atoms with Gasteiger partial charge in [-0.05, 0) is 44.1 Å². The number of ether oxygens (including phenoxy) is 1. The molecule has 1 fully saturated rings. The number of nitrogens with one attached hydrogen (secondary N) is 1. The Morgan fingerprint density at radius 3 is 2.92 bits per heavy atom. The van der Waals surface area contributed by atoms with Crippen molar-refractivity contribution in [2.45, 2.75) is 45.1 Å². The van der Waals surface area contributed by atoms with Crippen molar-refractivity contribution in [2.75, 3.05) is 19.7 Å². The van der Waals surface area contributed by atoms with E-state index < -0.39 is 5.97 Å². The fourth-order valence-corrected chi connectivity index (χ4v) is 3.33. The van der Waals surface area contributed by atoms with Crippen LogP contribution in [0.3, 0.4) is 0 Å². The minimum Gasteiger partial charge on any atom is -0.456 e. The maximum Gasteiger partial charge on any atom is 0.306 e. The molecule has 2 heterocycles. The zero-order valence-corrected chi connectivity index (χ0v) is 14.8. The molecule has 0 saturated carbocycles. The molecule has 0 radical (unpaired) electrons. The predicted molar refractivity (Wildman–Crippen MR) is 91.9 cm³/mol. The van der Waals surface area contributed by atoms with Crippen LogP contribution in [0.4, 0.5) is 0 Å². The van der Waals surface area contributed by atoms with Crippen molar-refractivity contribution in [2.24, 2.45) is 0 Å². The van der Waals surface area contributed by atoms with Crippen LogP contribution in [-0.2, 0) is 14.3 Å². The highest BCUT2D eigenvalue weighted by atomic mass is 32.1. The van der Waals surface area contributed by atoms with Gasteiger partial charge in [-0.3, -0.25) is 14.4 Å². The Morgan fingerprint density at radius 1 is 1.38 bits per heavy atom. The van der Waals surface area contributed by atoms with Crippen LogP contribution in [0.2, 0.25) is 0 Å². The fourth-order valence-electron chi connectivity index (χ4n) is 2.70. The van der Waals surface area contributed by atoms with Gasteiger partial charge in [-0.1, -0.05) is 0 Å². The third kappa shape index (κ3) is 5.63. The van der Waals surface area contributed by atoms with E-state index >= 15 is 0 Å². The molecule has 2 rings (SSSR count). The van der Waals surface area contributed by atoms with Gasteiger partial charge >= 0.3 is 5.97 Å². The third-order valence-electron chi connectivity index (χ3n) is 4.11. The summed E-state index contributed by atoms with van der Waals surface area (Å²) in [5.41, 5.74) is 0.629. The number of likely N-dealkylation sites (tertiary alicyclic amines) is 1. The molecule has 6 nitrogen and oxygen atoms in total. The number of carbonyl (C=O) groups excluding carboxylic acids is 3. The van der Waals surface area contributed by atoms with Crippen LogP contribution in [0.25, 0.3) is 0 Å². The van der Waals surface area contributed by atoms with E-state index in [1.807, 2.05) is 12.3 Å². The van der Waals surface area contributed by atoms with Crippen molar-refractivity contribution < 1.29 is 19.1 Å². The summed E-state index contributed by atoms with van der Waals surface area (Å²) in [6.45, 7) is 2.98. The first-order chi connectivity index (χ1) is 11.6. The smallest absolute Gasteiger partial charge is 0.306 e. The summed E-state index contributed by atoms with van der Waals surface area (Å²) in [7, 11) is 0. The monoisotopic (exact) mass is 352 g/mol. The van der Waals surface area contributed by atoms with E-state index in [1.54, 1.807) is 16.3 Å². The second kappa shape index (κ2) is 9.42. The van der Waals surface area contributed by atoms with Gasteiger partial charge in [0.1, 0.15) is 0 Å². The molecule has 0 aliphatic carbocycles. The number of carbonyl (C=O) groups is 3. The van der Waals surface area contributed by atoms with Gasteiger partial charge < -0.3 is 15.0 Å². The minimum atomic E-state index is -0.405. The van der Waals surface area contributed by atoms with Crippen LogP contribution in [-0.4, -0.2) is 48.4 Å². The van der Waals surface area contributed by atoms with Gasteiger partial charge in [0.2, 0.25) is 0 Å². The second-order valence-electron chi connectivity index (χ2n) is 5.96. The molecule has 1 aromatic rings. The quantitative estimate of drug-likeness (QED) is 0.603. The maximum absolute atomic E-state index is 12.1. The van der Waals surface area contributed by atoms with Crippen molar-refractivity contribution in [3.63, 3.8) is 0 Å². The summed E-state index contributed by atoms with van der Waals surface area (Å²) in [6, 6.07) is 1.97. The molecule has 7 heteroatoms. The van der Waals surface area contributed by atoms with Crippen LogP contribution in [0.1, 0.15) is 49.4 Å². The first-order valence-corrected chi connectivity index (χ1v) is 9.27. The molecule has 2 amide bonds. The third-order valence-corrected chi connectivity index (χ3v) is 4.79. The molecular formula is C17H24N2O4S. The average Bonchev–Trinajstić information content (AvgIpc) is 3.11. The first kappa shape index (κ1) is 18.4. The SMILES string of the molecule is CC1CCCCN1C(=O)COC(=O)CCCNC(=O)c1ccsc1. The Kier molecular flexibility index (Phi) is 7.24. The number of nitrogens with zero attached hydrogens (tertiary/aromatic N) is 1. The Bertz CT molecular complexity index is 559. The lowest BCUT2D eigenvalue weighted by Gasteiger charge is -2.33. The Morgan fingerprint density at radius 2 is 2.21 bits per heavy atom. The second-order valence-corrected chi connectivity index (χ2v) is 6.74. The molecule has 1 saturated heterocycles. The Hall–Kier alpha value is -1.89. The summed E-state index contributed by atoms with van der Waals surface area (Å²) < 4.78 is 5.04. The van der Waals surface area contributed by atoms with Crippen molar-refractivity contribution in [1.29, 1.82) is 0 Å². The highest BCUT2D eigenvalue weighted by Gasteiger charge is 2.23. The van der Waals surface area contributed by atoms with Gasteiger partial charge in [0.25, 0.3) is 11.8 Å².